The van der Waals surface area contributed by atoms with Crippen LogP contribution in [0.15, 0.2) is 18.2 Å². The third kappa shape index (κ3) is 2.46. The Labute approximate surface area is 111 Å². The molecule has 0 saturated heterocycles. The fourth-order valence-corrected chi connectivity index (χ4v) is 2.02. The number of hydrogen-bond acceptors (Lipinski definition) is 3. The van der Waals surface area contributed by atoms with Crippen LogP contribution in [0.5, 0.6) is 11.5 Å². The predicted octanol–water partition coefficient (Wildman–Crippen LogP) is 3.02. The number of aryl methyl sites for hydroxylation is 2. The van der Waals surface area contributed by atoms with Gasteiger partial charge in [0.25, 0.3) is 0 Å². The summed E-state index contributed by atoms with van der Waals surface area (Å²) in [6.07, 6.45) is -0.937. The number of halogens is 1. The molecule has 0 aliphatic carbocycles. The number of aliphatic hydroxyl groups excluding tert-OH is 1. The Hall–Kier alpha value is -1.88. The highest BCUT2D eigenvalue weighted by Gasteiger charge is 2.18. The summed E-state index contributed by atoms with van der Waals surface area (Å²) in [6, 6.07) is 4.49. The average Bonchev–Trinajstić information content (AvgIpc) is 2.55. The van der Waals surface area contributed by atoms with Crippen molar-refractivity contribution in [1.29, 1.82) is 0 Å². The molecule has 0 aliphatic rings. The summed E-state index contributed by atoms with van der Waals surface area (Å²) in [5.74, 6) is 0.427. The van der Waals surface area contributed by atoms with Gasteiger partial charge in [-0.1, -0.05) is 6.07 Å². The van der Waals surface area contributed by atoms with Crippen molar-refractivity contribution < 1.29 is 14.2 Å². The molecule has 1 atom stereocenters. The smallest absolute Gasteiger partial charge is 0.171 e. The van der Waals surface area contributed by atoms with Crippen molar-refractivity contribution in [2.45, 2.75) is 26.9 Å². The van der Waals surface area contributed by atoms with E-state index >= 15 is 0 Å². The van der Waals surface area contributed by atoms with Crippen molar-refractivity contribution in [1.82, 2.24) is 9.78 Å². The molecule has 2 rings (SSSR count). The molecule has 0 spiro atoms. The lowest BCUT2D eigenvalue weighted by Crippen LogP contribution is -2.00. The van der Waals surface area contributed by atoms with Crippen LogP contribution in [0.2, 0.25) is 0 Å². The molecule has 4 nitrogen and oxygen atoms in total. The minimum atomic E-state index is -0.937. The molecule has 1 N–H and O–H groups in total. The van der Waals surface area contributed by atoms with Gasteiger partial charge < -0.3 is 9.84 Å². The molecule has 0 bridgehead atoms. The van der Waals surface area contributed by atoms with Crippen LogP contribution in [0.3, 0.4) is 0 Å². The van der Waals surface area contributed by atoms with Gasteiger partial charge in [0.2, 0.25) is 0 Å². The molecule has 5 heteroatoms. The molecule has 102 valence electrons. The maximum Gasteiger partial charge on any atom is 0.171 e. The highest BCUT2D eigenvalue weighted by atomic mass is 19.1. The molecule has 0 amide bonds. The second-order valence-electron chi connectivity index (χ2n) is 4.55. The van der Waals surface area contributed by atoms with E-state index in [9.17, 15) is 9.50 Å². The average molecular weight is 264 g/mol. The van der Waals surface area contributed by atoms with E-state index in [4.69, 9.17) is 4.74 Å². The molecular weight excluding hydrogens is 247 g/mol. The van der Waals surface area contributed by atoms with E-state index in [1.807, 2.05) is 20.9 Å². The number of nitrogens with zero attached hydrogens (tertiary/aromatic N) is 2. The molecule has 1 heterocycles. The zero-order valence-electron chi connectivity index (χ0n) is 11.4. The van der Waals surface area contributed by atoms with Crippen LogP contribution in [0.1, 0.15) is 30.0 Å². The first kappa shape index (κ1) is 13.5. The second-order valence-corrected chi connectivity index (χ2v) is 4.55. The topological polar surface area (TPSA) is 47.3 Å². The number of aromatic nitrogens is 2. The van der Waals surface area contributed by atoms with Gasteiger partial charge in [-0.3, -0.25) is 4.68 Å². The summed E-state index contributed by atoms with van der Waals surface area (Å²) < 4.78 is 21.2. The quantitative estimate of drug-likeness (QED) is 0.927. The van der Waals surface area contributed by atoms with Crippen molar-refractivity contribution in [2.24, 2.45) is 7.05 Å². The molecule has 0 radical (unpaired) electrons. The highest BCUT2D eigenvalue weighted by Crippen LogP contribution is 2.34. The zero-order valence-corrected chi connectivity index (χ0v) is 11.4. The molecule has 1 aromatic carbocycles. The number of hydrogen-bond donors (Lipinski definition) is 1. The van der Waals surface area contributed by atoms with Gasteiger partial charge in [0.05, 0.1) is 17.4 Å². The van der Waals surface area contributed by atoms with Crippen molar-refractivity contribution >= 4 is 0 Å². The summed E-state index contributed by atoms with van der Waals surface area (Å²) in [5.41, 5.74) is 1.73. The Bertz CT molecular complexity index is 606. The number of rotatable bonds is 3. The maximum atomic E-state index is 13.7. The van der Waals surface area contributed by atoms with Gasteiger partial charge >= 0.3 is 0 Å². The van der Waals surface area contributed by atoms with E-state index in [1.54, 1.807) is 16.8 Å². The van der Waals surface area contributed by atoms with Gasteiger partial charge in [-0.25, -0.2) is 4.39 Å². The van der Waals surface area contributed by atoms with Crippen molar-refractivity contribution in [2.75, 3.05) is 0 Å². The van der Waals surface area contributed by atoms with E-state index < -0.39 is 11.9 Å². The summed E-state index contributed by atoms with van der Waals surface area (Å²) in [6.45, 7) is 5.20. The molecule has 2 aromatic rings. The van der Waals surface area contributed by atoms with Crippen LogP contribution in [0, 0.1) is 19.7 Å². The third-order valence-corrected chi connectivity index (χ3v) is 3.09. The largest absolute Gasteiger partial charge is 0.453 e. The first-order valence-corrected chi connectivity index (χ1v) is 6.06. The van der Waals surface area contributed by atoms with E-state index in [1.165, 1.54) is 13.0 Å². The summed E-state index contributed by atoms with van der Waals surface area (Å²) in [5, 5.41) is 13.9. The van der Waals surface area contributed by atoms with Crippen LogP contribution < -0.4 is 4.74 Å². The Balaban J connectivity index is 2.47. The van der Waals surface area contributed by atoms with Gasteiger partial charge in [-0.05, 0) is 32.9 Å². The van der Waals surface area contributed by atoms with Crippen molar-refractivity contribution in [3.8, 4) is 11.5 Å². The highest BCUT2D eigenvalue weighted by molar-refractivity contribution is 5.42. The van der Waals surface area contributed by atoms with Gasteiger partial charge in [-0.2, -0.15) is 5.10 Å². The summed E-state index contributed by atoms with van der Waals surface area (Å²) in [7, 11) is 1.82. The standard InChI is InChI=1S/C14H17FN2O2/c1-8-14(9(2)17(4)16-8)19-12-7-5-6-11(15)13(12)10(3)18/h5-7,10,18H,1-4H3. The van der Waals surface area contributed by atoms with Crippen LogP contribution >= 0.6 is 0 Å². The summed E-state index contributed by atoms with van der Waals surface area (Å²) >= 11 is 0. The van der Waals surface area contributed by atoms with Crippen molar-refractivity contribution in [3.05, 3.63) is 41.0 Å². The third-order valence-electron chi connectivity index (χ3n) is 3.09. The molecule has 19 heavy (non-hydrogen) atoms. The number of benzene rings is 1. The predicted molar refractivity (Wildman–Crippen MR) is 69.8 cm³/mol. The molecular formula is C14H17FN2O2. The lowest BCUT2D eigenvalue weighted by atomic mass is 10.1. The molecule has 0 aliphatic heterocycles. The Morgan fingerprint density at radius 2 is 2.05 bits per heavy atom. The van der Waals surface area contributed by atoms with Crippen molar-refractivity contribution in [3.63, 3.8) is 0 Å². The van der Waals surface area contributed by atoms with Gasteiger partial charge in [0.15, 0.2) is 5.75 Å². The molecule has 1 unspecified atom stereocenters. The first-order valence-electron chi connectivity index (χ1n) is 6.06. The van der Waals surface area contributed by atoms with Crippen LogP contribution in [0.4, 0.5) is 4.39 Å². The number of aliphatic hydroxyl groups is 1. The fourth-order valence-electron chi connectivity index (χ4n) is 2.02. The van der Waals surface area contributed by atoms with Crippen LogP contribution in [-0.2, 0) is 7.05 Å². The second kappa shape index (κ2) is 5.01. The zero-order chi connectivity index (χ0) is 14.2. The van der Waals surface area contributed by atoms with Crippen LogP contribution in [-0.4, -0.2) is 14.9 Å². The van der Waals surface area contributed by atoms with Gasteiger partial charge in [0, 0.05) is 7.05 Å². The maximum absolute atomic E-state index is 13.7. The lowest BCUT2D eigenvalue weighted by molar-refractivity contribution is 0.190. The molecule has 1 aromatic heterocycles. The van der Waals surface area contributed by atoms with E-state index in [2.05, 4.69) is 5.10 Å². The fraction of sp³-hybridized carbons (Fsp3) is 0.357. The number of ether oxygens (including phenoxy) is 1. The minimum absolute atomic E-state index is 0.158. The Kier molecular flexibility index (Phi) is 3.57. The van der Waals surface area contributed by atoms with Gasteiger partial charge in [0.1, 0.15) is 17.3 Å². The first-order chi connectivity index (χ1) is 8.91. The Morgan fingerprint density at radius 1 is 1.37 bits per heavy atom. The lowest BCUT2D eigenvalue weighted by Gasteiger charge is -2.14. The minimum Gasteiger partial charge on any atom is -0.453 e. The normalized spacial score (nSPS) is 12.5. The molecule has 0 saturated carbocycles. The van der Waals surface area contributed by atoms with E-state index in [0.29, 0.717) is 11.5 Å². The van der Waals surface area contributed by atoms with Crippen LogP contribution in [0.25, 0.3) is 0 Å². The SMILES string of the molecule is Cc1nn(C)c(C)c1Oc1cccc(F)c1C(C)O. The monoisotopic (exact) mass is 264 g/mol. The van der Waals surface area contributed by atoms with Gasteiger partial charge in [-0.15, -0.1) is 0 Å². The molecule has 0 fully saturated rings. The van der Waals surface area contributed by atoms with E-state index in [0.717, 1.165) is 11.4 Å². The van der Waals surface area contributed by atoms with E-state index in [-0.39, 0.29) is 5.56 Å². The summed E-state index contributed by atoms with van der Waals surface area (Å²) in [4.78, 5) is 0. The Morgan fingerprint density at radius 3 is 2.58 bits per heavy atom.